The molecule has 1 heterocycles. The number of benzene rings is 7. The van der Waals surface area contributed by atoms with Gasteiger partial charge in [0.2, 0.25) is 0 Å². The van der Waals surface area contributed by atoms with Gasteiger partial charge in [-0.3, -0.25) is 0 Å². The predicted molar refractivity (Wildman–Crippen MR) is 244 cm³/mol. The first-order valence-electron chi connectivity index (χ1n) is 21.4. The van der Waals surface area contributed by atoms with Gasteiger partial charge in [0.15, 0.2) is 0 Å². The summed E-state index contributed by atoms with van der Waals surface area (Å²) in [6, 6.07) is 64.3. The van der Waals surface area contributed by atoms with Crippen LogP contribution < -0.4 is 0 Å². The van der Waals surface area contributed by atoms with Crippen LogP contribution in [0, 0.1) is 35.0 Å². The zero-order valence-electron chi connectivity index (χ0n) is 33.7. The molecule has 0 N–H and O–H groups in total. The number of aromatic nitrogens is 1. The first kappa shape index (κ1) is 35.6. The Hall–Kier alpha value is -6.56. The van der Waals surface area contributed by atoms with E-state index < -0.39 is 0 Å². The van der Waals surface area contributed by atoms with Crippen molar-refractivity contribution in [3.63, 3.8) is 0 Å². The lowest BCUT2D eigenvalue weighted by atomic mass is 9.49. The molecule has 3 aliphatic carbocycles. The Labute approximate surface area is 347 Å². The van der Waals surface area contributed by atoms with Gasteiger partial charge in [-0.15, -0.1) is 0 Å². The molecule has 1 spiro atoms. The monoisotopic (exact) mass is 758 g/mol. The van der Waals surface area contributed by atoms with Crippen LogP contribution in [-0.4, -0.2) is 4.98 Å². The third-order valence-electron chi connectivity index (χ3n) is 14.2. The van der Waals surface area contributed by atoms with Crippen LogP contribution in [0.3, 0.4) is 0 Å². The summed E-state index contributed by atoms with van der Waals surface area (Å²) in [7, 11) is 0. The molecule has 1 aromatic heterocycles. The maximum atomic E-state index is 9.47. The molecule has 0 amide bonds. The SMILES string of the molecule is CC1CC2CC(C)C3(c4cc(-c5ccc(C#N)cc5)ccc4-c4ccc(-c5ccc(-c6cc(-c7ccccc7)nc(-c7cccc8ccccc78)c6)cc5)cc43)C(C1)C2. The van der Waals surface area contributed by atoms with E-state index in [2.05, 4.69) is 178 Å². The van der Waals surface area contributed by atoms with Crippen LogP contribution in [0.15, 0.2) is 170 Å². The number of nitriles is 1. The molecule has 0 aliphatic heterocycles. The van der Waals surface area contributed by atoms with Gasteiger partial charge >= 0.3 is 0 Å². The van der Waals surface area contributed by atoms with Gasteiger partial charge in [-0.2, -0.15) is 5.26 Å². The van der Waals surface area contributed by atoms with E-state index in [4.69, 9.17) is 4.98 Å². The molecule has 5 atom stereocenters. The minimum Gasteiger partial charge on any atom is -0.248 e. The van der Waals surface area contributed by atoms with E-state index in [1.165, 1.54) is 86.5 Å². The van der Waals surface area contributed by atoms with Gasteiger partial charge in [0.05, 0.1) is 23.0 Å². The van der Waals surface area contributed by atoms with E-state index in [9.17, 15) is 5.26 Å². The van der Waals surface area contributed by atoms with Gasteiger partial charge in [-0.05, 0) is 152 Å². The van der Waals surface area contributed by atoms with E-state index in [0.29, 0.717) is 17.4 Å². The highest BCUT2D eigenvalue weighted by atomic mass is 14.7. The number of fused-ring (bicyclic) bond motifs is 9. The van der Waals surface area contributed by atoms with Crippen LogP contribution in [0.25, 0.3) is 77.8 Å². The zero-order valence-corrected chi connectivity index (χ0v) is 33.7. The van der Waals surface area contributed by atoms with Crippen LogP contribution in [0.4, 0.5) is 0 Å². The summed E-state index contributed by atoms with van der Waals surface area (Å²) >= 11 is 0. The van der Waals surface area contributed by atoms with Crippen molar-refractivity contribution in [2.75, 3.05) is 0 Å². The summed E-state index contributed by atoms with van der Waals surface area (Å²) in [4.78, 5) is 5.26. The molecule has 11 rings (SSSR count). The fourth-order valence-corrected chi connectivity index (χ4v) is 11.7. The third-order valence-corrected chi connectivity index (χ3v) is 14.2. The lowest BCUT2D eigenvalue weighted by Gasteiger charge is -2.54. The van der Waals surface area contributed by atoms with Crippen molar-refractivity contribution in [1.82, 2.24) is 4.98 Å². The second kappa shape index (κ2) is 14.1. The van der Waals surface area contributed by atoms with Crippen molar-refractivity contribution in [3.05, 3.63) is 187 Å². The third kappa shape index (κ3) is 5.86. The van der Waals surface area contributed by atoms with Gasteiger partial charge in [0.25, 0.3) is 0 Å². The van der Waals surface area contributed by atoms with E-state index >= 15 is 0 Å². The fraction of sp³-hybridized carbons (Fsp3) is 0.193. The molecule has 2 fully saturated rings. The van der Waals surface area contributed by atoms with Gasteiger partial charge < -0.3 is 0 Å². The number of rotatable bonds is 5. The lowest BCUT2D eigenvalue weighted by molar-refractivity contribution is 0.0426. The largest absolute Gasteiger partial charge is 0.248 e. The molecule has 3 aliphatic rings. The van der Waals surface area contributed by atoms with Crippen molar-refractivity contribution in [1.29, 1.82) is 5.26 Å². The molecule has 59 heavy (non-hydrogen) atoms. The molecule has 5 unspecified atom stereocenters. The Morgan fingerprint density at radius 2 is 1.08 bits per heavy atom. The quantitative estimate of drug-likeness (QED) is 0.175. The highest BCUT2D eigenvalue weighted by molar-refractivity contribution is 5.97. The predicted octanol–water partition coefficient (Wildman–Crippen LogP) is 14.8. The maximum absolute atomic E-state index is 9.47. The van der Waals surface area contributed by atoms with Crippen molar-refractivity contribution in [2.24, 2.45) is 23.7 Å². The normalized spacial score (nSPS) is 21.5. The smallest absolute Gasteiger partial charge is 0.0991 e. The van der Waals surface area contributed by atoms with E-state index in [0.717, 1.165) is 39.9 Å². The topological polar surface area (TPSA) is 36.7 Å². The Morgan fingerprint density at radius 3 is 1.78 bits per heavy atom. The van der Waals surface area contributed by atoms with Crippen LogP contribution in [0.5, 0.6) is 0 Å². The molecule has 7 aromatic carbocycles. The highest BCUT2D eigenvalue weighted by Crippen LogP contribution is 2.65. The Morgan fingerprint density at radius 1 is 0.492 bits per heavy atom. The van der Waals surface area contributed by atoms with Gasteiger partial charge in [-0.1, -0.05) is 147 Å². The van der Waals surface area contributed by atoms with E-state index in [1.54, 1.807) is 0 Å². The highest BCUT2D eigenvalue weighted by Gasteiger charge is 2.56. The molecule has 2 bridgehead atoms. The number of hydrogen-bond donors (Lipinski definition) is 0. The molecule has 0 saturated heterocycles. The second-order valence-electron chi connectivity index (χ2n) is 17.7. The summed E-state index contributed by atoms with van der Waals surface area (Å²) in [5, 5.41) is 11.9. The van der Waals surface area contributed by atoms with Crippen molar-refractivity contribution in [3.8, 4) is 73.1 Å². The summed E-state index contributed by atoms with van der Waals surface area (Å²) in [5.74, 6) is 2.69. The first-order valence-corrected chi connectivity index (χ1v) is 21.4. The molecule has 2 heteroatoms. The van der Waals surface area contributed by atoms with E-state index in [-0.39, 0.29) is 5.41 Å². The molecular formula is C57H46N2. The Kier molecular flexibility index (Phi) is 8.49. The summed E-state index contributed by atoms with van der Waals surface area (Å²) in [5.41, 5.74) is 18.0. The van der Waals surface area contributed by atoms with Crippen molar-refractivity contribution in [2.45, 2.75) is 44.9 Å². The van der Waals surface area contributed by atoms with Gasteiger partial charge in [-0.25, -0.2) is 4.98 Å². The number of nitrogens with zero attached hydrogens (tertiary/aromatic N) is 2. The zero-order chi connectivity index (χ0) is 39.7. The number of hydrogen-bond acceptors (Lipinski definition) is 2. The molecule has 284 valence electrons. The number of pyridine rings is 1. The van der Waals surface area contributed by atoms with Gasteiger partial charge in [0.1, 0.15) is 0 Å². The van der Waals surface area contributed by atoms with Crippen molar-refractivity contribution < 1.29 is 0 Å². The Balaban J connectivity index is 1.01. The van der Waals surface area contributed by atoms with Crippen molar-refractivity contribution >= 4 is 10.8 Å². The van der Waals surface area contributed by atoms with Crippen LogP contribution in [-0.2, 0) is 5.41 Å². The lowest BCUT2D eigenvalue weighted by Crippen LogP contribution is -2.49. The minimum atomic E-state index is -0.0305. The fourth-order valence-electron chi connectivity index (χ4n) is 11.7. The maximum Gasteiger partial charge on any atom is 0.0991 e. The van der Waals surface area contributed by atoms with Crippen LogP contribution in [0.2, 0.25) is 0 Å². The Bertz CT molecular complexity index is 2930. The second-order valence-corrected chi connectivity index (χ2v) is 17.7. The van der Waals surface area contributed by atoms with Crippen LogP contribution in [0.1, 0.15) is 56.2 Å². The summed E-state index contributed by atoms with van der Waals surface area (Å²) in [6.07, 6.45) is 5.22. The molecule has 0 radical (unpaired) electrons. The average Bonchev–Trinajstić information content (AvgIpc) is 3.58. The first-order chi connectivity index (χ1) is 29.0. The molecule has 2 nitrogen and oxygen atoms in total. The standard InChI is InChI=1S/C57H46N2/c1-36-27-39-29-37(2)57(48(28-36)30-39)53-31-45(40-17-15-38(35-58)16-18-40)23-25-50(53)51-26-24-46(32-54(51)57)41-19-21-42(22-20-41)47-33-55(44-10-4-3-5-11-44)59-56(34-47)52-14-8-12-43-9-6-7-13-49(43)52/h3-26,31-34,36-37,39,48H,27-30H2,1-2H3. The minimum absolute atomic E-state index is 0.0305. The summed E-state index contributed by atoms with van der Waals surface area (Å²) < 4.78 is 0. The molecule has 2 saturated carbocycles. The van der Waals surface area contributed by atoms with Crippen LogP contribution >= 0.6 is 0 Å². The summed E-state index contributed by atoms with van der Waals surface area (Å²) in [6.45, 7) is 5.04. The average molecular weight is 759 g/mol. The molecule has 8 aromatic rings. The van der Waals surface area contributed by atoms with Gasteiger partial charge in [0, 0.05) is 16.5 Å². The molecular weight excluding hydrogens is 713 g/mol. The van der Waals surface area contributed by atoms with E-state index in [1.807, 2.05) is 12.1 Å².